The molecule has 0 unspecified atom stereocenters. The van der Waals surface area contributed by atoms with Gasteiger partial charge in [-0.2, -0.15) is 0 Å². The number of nitrogens with two attached hydrogens (primary N) is 1. The van der Waals surface area contributed by atoms with E-state index in [-0.39, 0.29) is 0 Å². The summed E-state index contributed by atoms with van der Waals surface area (Å²) < 4.78 is 0.977. The van der Waals surface area contributed by atoms with Crippen LogP contribution in [-0.4, -0.2) is 0 Å². The van der Waals surface area contributed by atoms with Crippen molar-refractivity contribution < 1.29 is 0 Å². The van der Waals surface area contributed by atoms with Gasteiger partial charge in [0.05, 0.1) is 19.4 Å². The van der Waals surface area contributed by atoms with Crippen LogP contribution in [0, 0.1) is 0 Å². The molecular weight excluding hydrogens is 258 g/mol. The third-order valence-corrected chi connectivity index (χ3v) is 3.33. The van der Waals surface area contributed by atoms with Gasteiger partial charge in [0.15, 0.2) is 0 Å². The van der Waals surface area contributed by atoms with E-state index in [1.165, 1.54) is 11.3 Å². The molecule has 0 radical (unpaired) electrons. The summed E-state index contributed by atoms with van der Waals surface area (Å²) in [7, 11) is 0. The summed E-state index contributed by atoms with van der Waals surface area (Å²) >= 11 is 10.8. The van der Waals surface area contributed by atoms with E-state index >= 15 is 0 Å². The summed E-state index contributed by atoms with van der Waals surface area (Å²) in [4.78, 5) is 0.878. The molecule has 4 heteroatoms. The number of rotatable bonds is 2. The van der Waals surface area contributed by atoms with Gasteiger partial charge in [0.1, 0.15) is 0 Å². The van der Waals surface area contributed by atoms with Crippen LogP contribution >= 0.6 is 38.9 Å². The minimum Gasteiger partial charge on any atom is -0.397 e. The molecule has 12 heavy (non-hydrogen) atoms. The zero-order valence-corrected chi connectivity index (χ0v) is 9.34. The number of hydrogen-bond donors (Lipinski definition) is 1. The molecule has 64 valence electrons. The summed E-state index contributed by atoms with van der Waals surface area (Å²) in [6, 6.07) is 1.83. The lowest BCUT2D eigenvalue weighted by molar-refractivity contribution is 1.81. The van der Waals surface area contributed by atoms with Crippen molar-refractivity contribution in [3.63, 3.8) is 0 Å². The van der Waals surface area contributed by atoms with Crippen molar-refractivity contribution in [3.05, 3.63) is 33.5 Å². The second-order valence-electron chi connectivity index (χ2n) is 2.09. The standard InChI is InChI=1S/C8H7BrClNS/c1-2-3-5(10)8-6(11)4-7(9)12-8/h2-4H,1,11H2/b5-3+. The molecule has 0 aromatic carbocycles. The van der Waals surface area contributed by atoms with Gasteiger partial charge in [-0.25, -0.2) is 0 Å². The average molecular weight is 265 g/mol. The highest BCUT2D eigenvalue weighted by molar-refractivity contribution is 9.11. The van der Waals surface area contributed by atoms with Gasteiger partial charge in [0, 0.05) is 0 Å². The molecule has 0 atom stereocenters. The van der Waals surface area contributed by atoms with E-state index in [1.807, 2.05) is 6.07 Å². The van der Waals surface area contributed by atoms with Gasteiger partial charge in [-0.1, -0.05) is 24.3 Å². The molecule has 1 rings (SSSR count). The van der Waals surface area contributed by atoms with Crippen LogP contribution in [0.3, 0.4) is 0 Å². The first kappa shape index (κ1) is 9.84. The van der Waals surface area contributed by atoms with Crippen molar-refractivity contribution >= 4 is 49.6 Å². The van der Waals surface area contributed by atoms with E-state index in [0.717, 1.165) is 8.66 Å². The minimum atomic E-state index is 0.623. The maximum absolute atomic E-state index is 5.92. The lowest BCUT2D eigenvalue weighted by Crippen LogP contribution is -1.83. The largest absolute Gasteiger partial charge is 0.397 e. The van der Waals surface area contributed by atoms with Gasteiger partial charge in [-0.15, -0.1) is 11.3 Å². The Morgan fingerprint density at radius 2 is 2.42 bits per heavy atom. The van der Waals surface area contributed by atoms with Crippen LogP contribution in [0.15, 0.2) is 28.6 Å². The molecule has 0 saturated carbocycles. The topological polar surface area (TPSA) is 26.0 Å². The van der Waals surface area contributed by atoms with Crippen molar-refractivity contribution in [2.45, 2.75) is 0 Å². The normalized spacial score (nSPS) is 11.7. The fraction of sp³-hybridized carbons (Fsp3) is 0. The molecule has 0 spiro atoms. The monoisotopic (exact) mass is 263 g/mol. The Bertz CT molecular complexity index is 330. The number of halogens is 2. The van der Waals surface area contributed by atoms with Gasteiger partial charge in [-0.05, 0) is 28.1 Å². The summed E-state index contributed by atoms with van der Waals surface area (Å²) in [5, 5.41) is 0.623. The SMILES string of the molecule is C=C/C=C(/Cl)c1sc(Br)cc1N. The van der Waals surface area contributed by atoms with Gasteiger partial charge in [0.25, 0.3) is 0 Å². The second kappa shape index (κ2) is 4.12. The van der Waals surface area contributed by atoms with Crippen LogP contribution < -0.4 is 5.73 Å². The van der Waals surface area contributed by atoms with Crippen molar-refractivity contribution in [3.8, 4) is 0 Å². The highest BCUT2D eigenvalue weighted by Crippen LogP contribution is 2.36. The molecular formula is C8H7BrClNS. The number of thiophene rings is 1. The van der Waals surface area contributed by atoms with E-state index in [0.29, 0.717) is 10.7 Å². The average Bonchev–Trinajstić information content (AvgIpc) is 2.30. The van der Waals surface area contributed by atoms with Crippen molar-refractivity contribution in [2.75, 3.05) is 5.73 Å². The van der Waals surface area contributed by atoms with E-state index in [4.69, 9.17) is 17.3 Å². The van der Waals surface area contributed by atoms with E-state index in [9.17, 15) is 0 Å². The summed E-state index contributed by atoms with van der Waals surface area (Å²) in [5.41, 5.74) is 6.38. The summed E-state index contributed by atoms with van der Waals surface area (Å²) in [5.74, 6) is 0. The third kappa shape index (κ3) is 2.12. The smallest absolute Gasteiger partial charge is 0.0726 e. The van der Waals surface area contributed by atoms with Crippen LogP contribution in [0.1, 0.15) is 4.88 Å². The maximum Gasteiger partial charge on any atom is 0.0726 e. The van der Waals surface area contributed by atoms with Gasteiger partial charge >= 0.3 is 0 Å². The third-order valence-electron chi connectivity index (χ3n) is 1.21. The highest BCUT2D eigenvalue weighted by Gasteiger charge is 2.06. The van der Waals surface area contributed by atoms with E-state index in [2.05, 4.69) is 22.5 Å². The fourth-order valence-corrected chi connectivity index (χ4v) is 2.51. The van der Waals surface area contributed by atoms with Crippen LogP contribution in [0.2, 0.25) is 0 Å². The van der Waals surface area contributed by atoms with E-state index < -0.39 is 0 Å². The number of nitrogen functional groups attached to an aromatic ring is 1. The molecule has 1 aromatic heterocycles. The number of allylic oxidation sites excluding steroid dienone is 2. The fourth-order valence-electron chi connectivity index (χ4n) is 0.739. The Morgan fingerprint density at radius 1 is 1.75 bits per heavy atom. The minimum absolute atomic E-state index is 0.623. The maximum atomic E-state index is 5.92. The molecule has 0 bridgehead atoms. The number of hydrogen-bond acceptors (Lipinski definition) is 2. The molecule has 1 nitrogen and oxygen atoms in total. The van der Waals surface area contributed by atoms with Crippen molar-refractivity contribution in [1.29, 1.82) is 0 Å². The lowest BCUT2D eigenvalue weighted by Gasteiger charge is -1.93. The molecule has 0 fully saturated rings. The van der Waals surface area contributed by atoms with Crippen molar-refractivity contribution in [2.24, 2.45) is 0 Å². The zero-order chi connectivity index (χ0) is 9.14. The summed E-state index contributed by atoms with van der Waals surface area (Å²) in [6.07, 6.45) is 3.35. The Morgan fingerprint density at radius 3 is 2.83 bits per heavy atom. The summed E-state index contributed by atoms with van der Waals surface area (Å²) in [6.45, 7) is 3.55. The lowest BCUT2D eigenvalue weighted by atomic mass is 10.3. The van der Waals surface area contributed by atoms with Crippen LogP contribution in [0.4, 0.5) is 5.69 Å². The molecule has 0 aliphatic carbocycles. The number of anilines is 1. The first-order chi connectivity index (χ1) is 5.65. The zero-order valence-electron chi connectivity index (χ0n) is 6.18. The highest BCUT2D eigenvalue weighted by atomic mass is 79.9. The molecule has 0 aliphatic heterocycles. The predicted molar refractivity (Wildman–Crippen MR) is 60.5 cm³/mol. The van der Waals surface area contributed by atoms with Crippen molar-refractivity contribution in [1.82, 2.24) is 0 Å². The second-order valence-corrected chi connectivity index (χ2v) is 4.92. The first-order valence-corrected chi connectivity index (χ1v) is 5.17. The molecule has 2 N–H and O–H groups in total. The van der Waals surface area contributed by atoms with Crippen LogP contribution in [0.5, 0.6) is 0 Å². The van der Waals surface area contributed by atoms with Crippen LogP contribution in [0.25, 0.3) is 5.03 Å². The Labute approximate surface area is 88.7 Å². The molecule has 0 aliphatic rings. The predicted octanol–water partition coefficient (Wildman–Crippen LogP) is 3.86. The molecule has 0 saturated heterocycles. The van der Waals surface area contributed by atoms with Gasteiger partial charge < -0.3 is 5.73 Å². The molecule has 0 amide bonds. The Balaban J connectivity index is 3.10. The van der Waals surface area contributed by atoms with Gasteiger partial charge in [-0.3, -0.25) is 0 Å². The Hall–Kier alpha value is -0.250. The van der Waals surface area contributed by atoms with E-state index in [1.54, 1.807) is 12.2 Å². The Kier molecular flexibility index (Phi) is 3.38. The quantitative estimate of drug-likeness (QED) is 0.807. The first-order valence-electron chi connectivity index (χ1n) is 3.18. The molecule has 1 heterocycles. The molecule has 1 aromatic rings. The van der Waals surface area contributed by atoms with Crippen LogP contribution in [-0.2, 0) is 0 Å². The van der Waals surface area contributed by atoms with Gasteiger partial charge in [0.2, 0.25) is 0 Å².